The highest BCUT2D eigenvalue weighted by molar-refractivity contribution is 7.47. The molecule has 10 nitrogen and oxygen atoms in total. The van der Waals surface area contributed by atoms with Gasteiger partial charge in [-0.2, -0.15) is 0 Å². The first-order valence-electron chi connectivity index (χ1n) is 20.4. The molecule has 0 radical (unpaired) electrons. The number of aryl methyl sites for hydroxylation is 2. The van der Waals surface area contributed by atoms with E-state index < -0.39 is 7.82 Å². The molecular weight excluding hydrogens is 695 g/mol. The van der Waals surface area contributed by atoms with Crippen LogP contribution in [0.3, 0.4) is 0 Å². The fourth-order valence-electron chi connectivity index (χ4n) is 5.62. The molecule has 0 aromatic heterocycles. The van der Waals surface area contributed by atoms with Gasteiger partial charge in [0, 0.05) is 0 Å². The Morgan fingerprint density at radius 2 is 0.717 bits per heavy atom. The standard InChI is InChI=1S/C42H71O10P/c1-3-5-7-9-11-13-15-17-39-19-23-41(24-20-39)49-35-31-45-27-29-47-33-37-51-53(43,44)52-38-34-48-30-28-46-32-36-50-42-25-21-40(22-26-42)18-16-14-12-10-8-6-4-2/h19-26H,3-18,27-38H2,1-2H3,(H,43,44). The highest BCUT2D eigenvalue weighted by atomic mass is 31.2. The molecule has 2 rings (SSSR count). The maximum atomic E-state index is 12.0. The number of hydrogen-bond acceptors (Lipinski definition) is 9. The van der Waals surface area contributed by atoms with Crippen molar-refractivity contribution < 1.29 is 46.9 Å². The number of phosphoric acid groups is 1. The van der Waals surface area contributed by atoms with Gasteiger partial charge in [0.2, 0.25) is 0 Å². The van der Waals surface area contributed by atoms with E-state index in [1.165, 1.54) is 101 Å². The molecule has 0 aliphatic heterocycles. The van der Waals surface area contributed by atoms with Crippen LogP contribution in [0.15, 0.2) is 48.5 Å². The van der Waals surface area contributed by atoms with Crippen molar-refractivity contribution in [1.82, 2.24) is 0 Å². The van der Waals surface area contributed by atoms with Gasteiger partial charge >= 0.3 is 7.82 Å². The Morgan fingerprint density at radius 3 is 1.08 bits per heavy atom. The van der Waals surface area contributed by atoms with Crippen LogP contribution in [0, 0.1) is 0 Å². The Kier molecular flexibility index (Phi) is 29.7. The lowest BCUT2D eigenvalue weighted by Gasteiger charge is -2.13. The van der Waals surface area contributed by atoms with Crippen molar-refractivity contribution in [2.75, 3.05) is 79.3 Å². The molecule has 0 fully saturated rings. The summed E-state index contributed by atoms with van der Waals surface area (Å²) in [5.41, 5.74) is 2.70. The van der Waals surface area contributed by atoms with E-state index in [0.29, 0.717) is 52.9 Å². The molecule has 0 bridgehead atoms. The van der Waals surface area contributed by atoms with Gasteiger partial charge < -0.3 is 33.3 Å². The number of hydrogen-bond donors (Lipinski definition) is 1. The summed E-state index contributed by atoms with van der Waals surface area (Å²) in [5.74, 6) is 1.67. The molecule has 53 heavy (non-hydrogen) atoms. The van der Waals surface area contributed by atoms with Crippen LogP contribution < -0.4 is 9.47 Å². The normalized spacial score (nSPS) is 11.7. The van der Waals surface area contributed by atoms with Crippen LogP contribution in [0.1, 0.15) is 115 Å². The van der Waals surface area contributed by atoms with Crippen LogP contribution in [-0.4, -0.2) is 84.2 Å². The molecule has 0 aliphatic rings. The van der Waals surface area contributed by atoms with Crippen molar-refractivity contribution in [3.8, 4) is 11.5 Å². The van der Waals surface area contributed by atoms with E-state index in [1.807, 2.05) is 24.3 Å². The zero-order valence-electron chi connectivity index (χ0n) is 33.0. The second kappa shape index (κ2) is 33.3. The third-order valence-electron chi connectivity index (χ3n) is 8.69. The molecule has 1 N–H and O–H groups in total. The predicted molar refractivity (Wildman–Crippen MR) is 212 cm³/mol. The summed E-state index contributed by atoms with van der Waals surface area (Å²) in [5, 5.41) is 0. The van der Waals surface area contributed by atoms with E-state index in [2.05, 4.69) is 38.1 Å². The first kappa shape index (κ1) is 47.1. The van der Waals surface area contributed by atoms with Crippen LogP contribution in [0.2, 0.25) is 0 Å². The molecule has 2 aromatic carbocycles. The van der Waals surface area contributed by atoms with Crippen molar-refractivity contribution in [3.63, 3.8) is 0 Å². The van der Waals surface area contributed by atoms with Crippen molar-refractivity contribution >= 4 is 7.82 Å². The highest BCUT2D eigenvalue weighted by Crippen LogP contribution is 2.42. The molecule has 0 saturated carbocycles. The molecule has 0 amide bonds. The Morgan fingerprint density at radius 1 is 0.415 bits per heavy atom. The average Bonchev–Trinajstić information content (AvgIpc) is 3.16. The van der Waals surface area contributed by atoms with E-state index in [4.69, 9.17) is 37.5 Å². The quantitative estimate of drug-likeness (QED) is 0.0524. The molecular formula is C42H71O10P. The molecule has 0 spiro atoms. The monoisotopic (exact) mass is 766 g/mol. The SMILES string of the molecule is CCCCCCCCCc1ccc(OCCOCCOCCOP(=O)(O)OCCOCCOCCOc2ccc(CCCCCCCCC)cc2)cc1. The van der Waals surface area contributed by atoms with Gasteiger partial charge in [-0.25, -0.2) is 4.57 Å². The number of benzene rings is 2. The predicted octanol–water partition coefficient (Wildman–Crippen LogP) is 9.93. The van der Waals surface area contributed by atoms with Gasteiger partial charge in [0.25, 0.3) is 0 Å². The largest absolute Gasteiger partial charge is 0.491 e. The highest BCUT2D eigenvalue weighted by Gasteiger charge is 2.20. The Bertz CT molecular complexity index is 1050. The van der Waals surface area contributed by atoms with E-state index in [9.17, 15) is 9.46 Å². The zero-order valence-corrected chi connectivity index (χ0v) is 33.9. The van der Waals surface area contributed by atoms with E-state index in [0.717, 1.165) is 24.3 Å². The van der Waals surface area contributed by atoms with Crippen LogP contribution in [-0.2, 0) is 45.4 Å². The second-order valence-electron chi connectivity index (χ2n) is 13.3. The van der Waals surface area contributed by atoms with Crippen molar-refractivity contribution in [2.45, 2.75) is 117 Å². The summed E-state index contributed by atoms with van der Waals surface area (Å²) < 4.78 is 55.3. The Labute approximate surface area is 321 Å². The van der Waals surface area contributed by atoms with Crippen LogP contribution >= 0.6 is 7.82 Å². The summed E-state index contributed by atoms with van der Waals surface area (Å²) in [4.78, 5) is 9.82. The van der Waals surface area contributed by atoms with Crippen molar-refractivity contribution in [2.24, 2.45) is 0 Å². The summed E-state index contributed by atoms with van der Waals surface area (Å²) in [6, 6.07) is 16.6. The minimum absolute atomic E-state index is 0.0774. The Balaban J connectivity index is 1.32. The lowest BCUT2D eigenvalue weighted by molar-refractivity contribution is 0.0141. The molecule has 0 saturated heterocycles. The van der Waals surface area contributed by atoms with Gasteiger partial charge in [0.1, 0.15) is 24.7 Å². The first-order valence-corrected chi connectivity index (χ1v) is 21.9. The van der Waals surface area contributed by atoms with Gasteiger partial charge in [0.15, 0.2) is 0 Å². The number of ether oxygens (including phenoxy) is 6. The zero-order chi connectivity index (χ0) is 37.9. The lowest BCUT2D eigenvalue weighted by Crippen LogP contribution is -2.13. The molecule has 0 aliphatic carbocycles. The second-order valence-corrected chi connectivity index (χ2v) is 14.8. The third kappa shape index (κ3) is 28.1. The summed E-state index contributed by atoms with van der Waals surface area (Å²) in [6.07, 6.45) is 20.7. The van der Waals surface area contributed by atoms with Gasteiger partial charge in [0.05, 0.1) is 66.1 Å². The van der Waals surface area contributed by atoms with Crippen molar-refractivity contribution in [1.29, 1.82) is 0 Å². The number of rotatable bonds is 38. The number of unbranched alkanes of at least 4 members (excludes halogenated alkanes) is 12. The van der Waals surface area contributed by atoms with Gasteiger partial charge in [-0.05, 0) is 61.1 Å². The topological polar surface area (TPSA) is 111 Å². The van der Waals surface area contributed by atoms with Crippen LogP contribution in [0.4, 0.5) is 0 Å². The lowest BCUT2D eigenvalue weighted by atomic mass is 10.0. The third-order valence-corrected chi connectivity index (χ3v) is 9.70. The molecule has 0 unspecified atom stereocenters. The fraction of sp³-hybridized carbons (Fsp3) is 0.714. The summed E-state index contributed by atoms with van der Waals surface area (Å²) >= 11 is 0. The van der Waals surface area contributed by atoms with E-state index in [-0.39, 0.29) is 26.4 Å². The maximum absolute atomic E-state index is 12.0. The Hall–Kier alpha value is -2.01. The summed E-state index contributed by atoms with van der Waals surface area (Å²) in [7, 11) is -4.18. The van der Waals surface area contributed by atoms with Crippen LogP contribution in [0.5, 0.6) is 11.5 Å². The van der Waals surface area contributed by atoms with Crippen LogP contribution in [0.25, 0.3) is 0 Å². The molecule has 0 heterocycles. The van der Waals surface area contributed by atoms with Crippen molar-refractivity contribution in [3.05, 3.63) is 59.7 Å². The van der Waals surface area contributed by atoms with Gasteiger partial charge in [-0.1, -0.05) is 115 Å². The van der Waals surface area contributed by atoms with E-state index in [1.54, 1.807) is 0 Å². The maximum Gasteiger partial charge on any atom is 0.472 e. The summed E-state index contributed by atoms with van der Waals surface area (Å²) in [6.45, 7) is 7.85. The van der Waals surface area contributed by atoms with Gasteiger partial charge in [-0.3, -0.25) is 9.05 Å². The molecule has 0 atom stereocenters. The number of phosphoric ester groups is 1. The molecule has 304 valence electrons. The van der Waals surface area contributed by atoms with E-state index >= 15 is 0 Å². The molecule has 2 aromatic rings. The average molecular weight is 767 g/mol. The smallest absolute Gasteiger partial charge is 0.472 e. The fourth-order valence-corrected chi connectivity index (χ4v) is 6.30. The molecule has 11 heteroatoms. The minimum Gasteiger partial charge on any atom is -0.491 e. The first-order chi connectivity index (χ1) is 26.0. The minimum atomic E-state index is -4.18. The van der Waals surface area contributed by atoms with Gasteiger partial charge in [-0.15, -0.1) is 0 Å².